The maximum absolute atomic E-state index is 11.7. The van der Waals surface area contributed by atoms with Crippen molar-refractivity contribution < 1.29 is 4.79 Å². The van der Waals surface area contributed by atoms with E-state index in [1.165, 1.54) is 0 Å². The van der Waals surface area contributed by atoms with E-state index in [1.54, 1.807) is 6.33 Å². The van der Waals surface area contributed by atoms with Crippen LogP contribution in [0.25, 0.3) is 0 Å². The second-order valence-corrected chi connectivity index (χ2v) is 4.79. The molecule has 0 aromatic carbocycles. The number of hydrogen-bond donors (Lipinski definition) is 2. The number of carbonyl (C=O) groups excluding carboxylic acids is 1. The Balaban J connectivity index is 2.37. The minimum atomic E-state index is -0.0134. The van der Waals surface area contributed by atoms with Gasteiger partial charge in [-0.1, -0.05) is 20.8 Å². The van der Waals surface area contributed by atoms with Gasteiger partial charge < -0.3 is 15.2 Å². The minimum Gasteiger partial charge on any atom is -0.354 e. The zero-order chi connectivity index (χ0) is 13.5. The smallest absolute Gasteiger partial charge is 0.224 e. The third-order valence-corrected chi connectivity index (χ3v) is 2.77. The van der Waals surface area contributed by atoms with E-state index in [0.717, 1.165) is 5.82 Å². The largest absolute Gasteiger partial charge is 0.354 e. The highest BCUT2D eigenvalue weighted by atomic mass is 16.1. The van der Waals surface area contributed by atoms with Gasteiger partial charge >= 0.3 is 0 Å². The molecule has 1 atom stereocenters. The Bertz CT molecular complexity index is 374. The molecule has 1 rings (SSSR count). The fourth-order valence-corrected chi connectivity index (χ4v) is 1.76. The molecule has 0 aliphatic rings. The number of nitrogens with zero attached hydrogens (tertiary/aromatic N) is 3. The van der Waals surface area contributed by atoms with Gasteiger partial charge in [0.15, 0.2) is 0 Å². The molecular weight excluding hydrogens is 230 g/mol. The molecule has 0 saturated carbocycles. The summed E-state index contributed by atoms with van der Waals surface area (Å²) in [7, 11) is 1.84. The Labute approximate surface area is 108 Å². The summed E-state index contributed by atoms with van der Waals surface area (Å²) in [5.41, 5.74) is 0. The molecule has 0 bridgehead atoms. The van der Waals surface area contributed by atoms with Crippen molar-refractivity contribution in [2.75, 3.05) is 20.1 Å². The average molecular weight is 253 g/mol. The molecule has 102 valence electrons. The minimum absolute atomic E-state index is 0.0134. The normalized spacial score (nSPS) is 12.7. The molecule has 0 spiro atoms. The van der Waals surface area contributed by atoms with Crippen molar-refractivity contribution in [3.8, 4) is 0 Å². The molecule has 1 amide bonds. The first-order valence-electron chi connectivity index (χ1n) is 6.36. The van der Waals surface area contributed by atoms with E-state index in [4.69, 9.17) is 0 Å². The Morgan fingerprint density at radius 3 is 2.78 bits per heavy atom. The summed E-state index contributed by atoms with van der Waals surface area (Å²) in [6.07, 6.45) is 1.71. The van der Waals surface area contributed by atoms with Crippen LogP contribution in [0.3, 0.4) is 0 Å². The van der Waals surface area contributed by atoms with Gasteiger partial charge in [-0.05, 0) is 7.05 Å². The third kappa shape index (κ3) is 4.10. The molecule has 6 heteroatoms. The molecule has 18 heavy (non-hydrogen) atoms. The summed E-state index contributed by atoms with van der Waals surface area (Å²) in [6, 6.07) is 0. The standard InChI is InChI=1S/C12H23N5O/c1-9(2)11-16-15-8-17(11)6-5-14-12(18)10(3)7-13-4/h8-10,13H,5-7H2,1-4H3,(H,14,18). The van der Waals surface area contributed by atoms with Crippen LogP contribution in [0.15, 0.2) is 6.33 Å². The van der Waals surface area contributed by atoms with Crippen LogP contribution in [0.4, 0.5) is 0 Å². The van der Waals surface area contributed by atoms with Crippen LogP contribution in [0.1, 0.15) is 32.5 Å². The summed E-state index contributed by atoms with van der Waals surface area (Å²) >= 11 is 0. The number of aromatic nitrogens is 3. The number of carbonyl (C=O) groups is 1. The summed E-state index contributed by atoms with van der Waals surface area (Å²) in [4.78, 5) is 11.7. The summed E-state index contributed by atoms with van der Waals surface area (Å²) in [5, 5.41) is 13.9. The first kappa shape index (κ1) is 14.6. The first-order chi connectivity index (χ1) is 8.56. The van der Waals surface area contributed by atoms with Crippen molar-refractivity contribution in [2.45, 2.75) is 33.2 Å². The van der Waals surface area contributed by atoms with Crippen LogP contribution in [0, 0.1) is 5.92 Å². The van der Waals surface area contributed by atoms with Gasteiger partial charge in [0.1, 0.15) is 12.2 Å². The van der Waals surface area contributed by atoms with Gasteiger partial charge in [0, 0.05) is 31.5 Å². The van der Waals surface area contributed by atoms with Crippen molar-refractivity contribution in [2.24, 2.45) is 5.92 Å². The average Bonchev–Trinajstić information content (AvgIpc) is 2.77. The number of rotatable bonds is 7. The first-order valence-corrected chi connectivity index (χ1v) is 6.36. The van der Waals surface area contributed by atoms with E-state index < -0.39 is 0 Å². The Hall–Kier alpha value is -1.43. The number of nitrogens with one attached hydrogen (secondary N) is 2. The van der Waals surface area contributed by atoms with Gasteiger partial charge in [-0.2, -0.15) is 0 Å². The number of amides is 1. The maximum atomic E-state index is 11.7. The predicted molar refractivity (Wildman–Crippen MR) is 70.2 cm³/mol. The second kappa shape index (κ2) is 7.10. The van der Waals surface area contributed by atoms with Gasteiger partial charge in [0.05, 0.1) is 0 Å². The Kier molecular flexibility index (Phi) is 5.77. The van der Waals surface area contributed by atoms with Crippen molar-refractivity contribution in [3.05, 3.63) is 12.2 Å². The van der Waals surface area contributed by atoms with Crippen molar-refractivity contribution >= 4 is 5.91 Å². The van der Waals surface area contributed by atoms with E-state index in [1.807, 2.05) is 18.5 Å². The monoisotopic (exact) mass is 253 g/mol. The Morgan fingerprint density at radius 2 is 2.17 bits per heavy atom. The molecule has 1 aromatic rings. The van der Waals surface area contributed by atoms with Crippen LogP contribution in [0.5, 0.6) is 0 Å². The van der Waals surface area contributed by atoms with Crippen molar-refractivity contribution in [1.82, 2.24) is 25.4 Å². The molecule has 0 saturated heterocycles. The second-order valence-electron chi connectivity index (χ2n) is 4.79. The fraction of sp³-hybridized carbons (Fsp3) is 0.750. The molecule has 1 unspecified atom stereocenters. The molecule has 1 heterocycles. The number of hydrogen-bond acceptors (Lipinski definition) is 4. The zero-order valence-electron chi connectivity index (χ0n) is 11.6. The van der Waals surface area contributed by atoms with Gasteiger partial charge in [0.2, 0.25) is 5.91 Å². The lowest BCUT2D eigenvalue weighted by atomic mass is 10.1. The van der Waals surface area contributed by atoms with E-state index in [0.29, 0.717) is 25.6 Å². The lowest BCUT2D eigenvalue weighted by Crippen LogP contribution is -2.36. The van der Waals surface area contributed by atoms with Crippen molar-refractivity contribution in [3.63, 3.8) is 0 Å². The summed E-state index contributed by atoms with van der Waals surface area (Å²) in [6.45, 7) is 8.06. The van der Waals surface area contributed by atoms with Gasteiger partial charge in [-0.15, -0.1) is 10.2 Å². The highest BCUT2D eigenvalue weighted by Gasteiger charge is 2.12. The predicted octanol–water partition coefficient (Wildman–Crippen LogP) is 0.373. The molecule has 2 N–H and O–H groups in total. The summed E-state index contributed by atoms with van der Waals surface area (Å²) in [5.74, 6) is 1.35. The molecule has 6 nitrogen and oxygen atoms in total. The topological polar surface area (TPSA) is 71.8 Å². The lowest BCUT2D eigenvalue weighted by molar-refractivity contribution is -0.124. The van der Waals surface area contributed by atoms with Gasteiger partial charge in [-0.3, -0.25) is 4.79 Å². The molecule has 0 aliphatic carbocycles. The molecule has 0 radical (unpaired) electrons. The zero-order valence-corrected chi connectivity index (χ0v) is 11.6. The lowest BCUT2D eigenvalue weighted by Gasteiger charge is -2.13. The Morgan fingerprint density at radius 1 is 1.44 bits per heavy atom. The SMILES string of the molecule is CNCC(C)C(=O)NCCn1cnnc1C(C)C. The molecule has 1 aromatic heterocycles. The quantitative estimate of drug-likeness (QED) is 0.736. The molecular formula is C12H23N5O. The molecule has 0 fully saturated rings. The maximum Gasteiger partial charge on any atom is 0.224 e. The fourth-order valence-electron chi connectivity index (χ4n) is 1.76. The van der Waals surface area contributed by atoms with E-state index in [2.05, 4.69) is 34.7 Å². The third-order valence-electron chi connectivity index (χ3n) is 2.77. The van der Waals surface area contributed by atoms with Crippen LogP contribution in [-0.2, 0) is 11.3 Å². The van der Waals surface area contributed by atoms with Crippen molar-refractivity contribution in [1.29, 1.82) is 0 Å². The van der Waals surface area contributed by atoms with E-state index in [-0.39, 0.29) is 11.8 Å². The van der Waals surface area contributed by atoms with Crippen LogP contribution < -0.4 is 10.6 Å². The highest BCUT2D eigenvalue weighted by Crippen LogP contribution is 2.09. The van der Waals surface area contributed by atoms with E-state index in [9.17, 15) is 4.79 Å². The van der Waals surface area contributed by atoms with Crippen LogP contribution in [-0.4, -0.2) is 40.8 Å². The van der Waals surface area contributed by atoms with Gasteiger partial charge in [-0.25, -0.2) is 0 Å². The molecule has 0 aliphatic heterocycles. The highest BCUT2D eigenvalue weighted by molar-refractivity contribution is 5.78. The van der Waals surface area contributed by atoms with Gasteiger partial charge in [0.25, 0.3) is 0 Å². The van der Waals surface area contributed by atoms with E-state index >= 15 is 0 Å². The van der Waals surface area contributed by atoms with Crippen LogP contribution in [0.2, 0.25) is 0 Å². The van der Waals surface area contributed by atoms with Crippen LogP contribution >= 0.6 is 0 Å². The summed E-state index contributed by atoms with van der Waals surface area (Å²) < 4.78 is 1.98.